The van der Waals surface area contributed by atoms with Gasteiger partial charge in [-0.1, -0.05) is 20.3 Å². The van der Waals surface area contributed by atoms with E-state index in [1.807, 2.05) is 0 Å². The van der Waals surface area contributed by atoms with Crippen LogP contribution >= 0.6 is 12.2 Å². The van der Waals surface area contributed by atoms with Crippen LogP contribution in [-0.4, -0.2) is 53.7 Å². The predicted molar refractivity (Wildman–Crippen MR) is 85.5 cm³/mol. The van der Waals surface area contributed by atoms with Crippen LogP contribution in [0.25, 0.3) is 0 Å². The molecule has 1 N–H and O–H groups in total. The molecule has 2 rings (SSSR count). The maximum atomic E-state index is 5.49. The van der Waals surface area contributed by atoms with E-state index in [0.717, 1.165) is 30.8 Å². The Morgan fingerprint density at radius 1 is 1.11 bits per heavy atom. The van der Waals surface area contributed by atoms with Crippen molar-refractivity contribution in [3.05, 3.63) is 0 Å². The van der Waals surface area contributed by atoms with E-state index in [4.69, 9.17) is 12.2 Å². The molecule has 2 aliphatic rings. The summed E-state index contributed by atoms with van der Waals surface area (Å²) < 4.78 is 0. The Bertz CT molecular complexity index is 279. The van der Waals surface area contributed by atoms with Crippen molar-refractivity contribution in [2.45, 2.75) is 52.0 Å². The van der Waals surface area contributed by atoms with Crippen LogP contribution in [0.4, 0.5) is 0 Å². The zero-order valence-electron chi connectivity index (χ0n) is 12.5. The highest BCUT2D eigenvalue weighted by molar-refractivity contribution is 7.80. The molecule has 0 spiro atoms. The molecule has 2 heterocycles. The summed E-state index contributed by atoms with van der Waals surface area (Å²) in [5.74, 6) is 0.656. The molecule has 2 fully saturated rings. The SMILES string of the molecule is CC(C)CNC(=S)N1CCC(N2CCCCC2)CC1. The van der Waals surface area contributed by atoms with Gasteiger partial charge in [0.1, 0.15) is 0 Å². The minimum absolute atomic E-state index is 0.656. The molecule has 2 saturated heterocycles. The summed E-state index contributed by atoms with van der Waals surface area (Å²) in [5.41, 5.74) is 0. The average Bonchev–Trinajstić information content (AvgIpc) is 2.46. The Labute approximate surface area is 123 Å². The van der Waals surface area contributed by atoms with Gasteiger partial charge in [0.25, 0.3) is 0 Å². The lowest BCUT2D eigenvalue weighted by molar-refractivity contribution is 0.114. The lowest BCUT2D eigenvalue weighted by atomic mass is 10.0. The van der Waals surface area contributed by atoms with Crippen molar-refractivity contribution in [3.63, 3.8) is 0 Å². The van der Waals surface area contributed by atoms with Gasteiger partial charge in [0.05, 0.1) is 0 Å². The molecule has 0 aliphatic carbocycles. The number of thiocarbonyl (C=S) groups is 1. The molecular weight excluding hydrogens is 254 g/mol. The Morgan fingerprint density at radius 2 is 1.74 bits per heavy atom. The smallest absolute Gasteiger partial charge is 0.168 e. The fourth-order valence-corrected chi connectivity index (χ4v) is 3.39. The van der Waals surface area contributed by atoms with E-state index >= 15 is 0 Å². The lowest BCUT2D eigenvalue weighted by Crippen LogP contribution is -2.50. The number of nitrogens with one attached hydrogen (secondary N) is 1. The Kier molecular flexibility index (Phi) is 5.89. The highest BCUT2D eigenvalue weighted by atomic mass is 32.1. The van der Waals surface area contributed by atoms with Gasteiger partial charge in [-0.15, -0.1) is 0 Å². The van der Waals surface area contributed by atoms with Gasteiger partial charge in [-0.2, -0.15) is 0 Å². The highest BCUT2D eigenvalue weighted by Crippen LogP contribution is 2.20. The lowest BCUT2D eigenvalue weighted by Gasteiger charge is -2.41. The summed E-state index contributed by atoms with van der Waals surface area (Å²) in [6.07, 6.45) is 6.79. The molecule has 4 heteroatoms. The second-order valence-electron chi connectivity index (χ2n) is 6.39. The second kappa shape index (κ2) is 7.44. The Morgan fingerprint density at radius 3 is 2.32 bits per heavy atom. The van der Waals surface area contributed by atoms with Crippen LogP contribution < -0.4 is 5.32 Å². The summed E-state index contributed by atoms with van der Waals surface area (Å²) in [7, 11) is 0. The number of hydrogen-bond donors (Lipinski definition) is 1. The van der Waals surface area contributed by atoms with Gasteiger partial charge in [0.15, 0.2) is 5.11 Å². The second-order valence-corrected chi connectivity index (χ2v) is 6.78. The highest BCUT2D eigenvalue weighted by Gasteiger charge is 2.26. The van der Waals surface area contributed by atoms with E-state index in [1.54, 1.807) is 0 Å². The molecule has 0 unspecified atom stereocenters. The zero-order valence-corrected chi connectivity index (χ0v) is 13.3. The van der Waals surface area contributed by atoms with Crippen molar-refractivity contribution in [3.8, 4) is 0 Å². The van der Waals surface area contributed by atoms with Gasteiger partial charge in [0, 0.05) is 25.7 Å². The quantitative estimate of drug-likeness (QED) is 0.802. The summed E-state index contributed by atoms with van der Waals surface area (Å²) >= 11 is 5.49. The number of likely N-dealkylation sites (tertiary alicyclic amines) is 2. The Hall–Kier alpha value is -0.350. The third-order valence-electron chi connectivity index (χ3n) is 4.32. The summed E-state index contributed by atoms with van der Waals surface area (Å²) in [4.78, 5) is 5.07. The van der Waals surface area contributed by atoms with Gasteiger partial charge >= 0.3 is 0 Å². The molecule has 0 saturated carbocycles. The molecule has 2 aliphatic heterocycles. The van der Waals surface area contributed by atoms with Crippen molar-refractivity contribution in [1.82, 2.24) is 15.1 Å². The Balaban J connectivity index is 1.70. The molecular formula is C15H29N3S. The molecule has 0 radical (unpaired) electrons. The molecule has 0 aromatic rings. The van der Waals surface area contributed by atoms with Crippen LogP contribution in [-0.2, 0) is 0 Å². The normalized spacial score (nSPS) is 22.8. The summed E-state index contributed by atoms with van der Waals surface area (Å²) in [5, 5.41) is 4.35. The molecule has 0 bridgehead atoms. The maximum absolute atomic E-state index is 5.49. The molecule has 0 amide bonds. The van der Waals surface area contributed by atoms with Crippen LogP contribution in [0.3, 0.4) is 0 Å². The first-order valence-electron chi connectivity index (χ1n) is 7.93. The first kappa shape index (κ1) is 15.0. The average molecular weight is 283 g/mol. The fraction of sp³-hybridized carbons (Fsp3) is 0.933. The van der Waals surface area contributed by atoms with Gasteiger partial charge in [-0.25, -0.2) is 0 Å². The maximum Gasteiger partial charge on any atom is 0.168 e. The number of rotatable bonds is 3. The fourth-order valence-electron chi connectivity index (χ4n) is 3.12. The van der Waals surface area contributed by atoms with E-state index in [1.165, 1.54) is 45.2 Å². The van der Waals surface area contributed by atoms with Crippen LogP contribution in [0.5, 0.6) is 0 Å². The molecule has 0 aromatic heterocycles. The van der Waals surface area contributed by atoms with Crippen LogP contribution in [0, 0.1) is 5.92 Å². The number of hydrogen-bond acceptors (Lipinski definition) is 2. The van der Waals surface area contributed by atoms with Gasteiger partial charge in [-0.3, -0.25) is 0 Å². The minimum atomic E-state index is 0.656. The molecule has 0 aromatic carbocycles. The zero-order chi connectivity index (χ0) is 13.7. The van der Waals surface area contributed by atoms with Crippen LogP contribution in [0.1, 0.15) is 46.0 Å². The molecule has 19 heavy (non-hydrogen) atoms. The van der Waals surface area contributed by atoms with E-state index in [2.05, 4.69) is 29.0 Å². The first-order chi connectivity index (χ1) is 9.16. The third kappa shape index (κ3) is 4.60. The number of nitrogens with zero attached hydrogens (tertiary/aromatic N) is 2. The van der Waals surface area contributed by atoms with Crippen LogP contribution in [0.15, 0.2) is 0 Å². The van der Waals surface area contributed by atoms with Crippen molar-refractivity contribution in [1.29, 1.82) is 0 Å². The van der Waals surface area contributed by atoms with E-state index in [9.17, 15) is 0 Å². The van der Waals surface area contributed by atoms with Crippen molar-refractivity contribution in [2.24, 2.45) is 5.92 Å². The van der Waals surface area contributed by atoms with Gasteiger partial charge < -0.3 is 15.1 Å². The molecule has 3 nitrogen and oxygen atoms in total. The van der Waals surface area contributed by atoms with Gasteiger partial charge in [0.2, 0.25) is 0 Å². The first-order valence-corrected chi connectivity index (χ1v) is 8.34. The topological polar surface area (TPSA) is 18.5 Å². The van der Waals surface area contributed by atoms with Crippen molar-refractivity contribution < 1.29 is 0 Å². The summed E-state index contributed by atoms with van der Waals surface area (Å²) in [6, 6.07) is 0.810. The number of piperidine rings is 2. The molecule has 0 atom stereocenters. The largest absolute Gasteiger partial charge is 0.362 e. The molecule has 110 valence electrons. The monoisotopic (exact) mass is 283 g/mol. The standard InChI is InChI=1S/C15H29N3S/c1-13(2)12-16-15(19)18-10-6-14(7-11-18)17-8-4-3-5-9-17/h13-14H,3-12H2,1-2H3,(H,16,19). The van der Waals surface area contributed by atoms with E-state index in [-0.39, 0.29) is 0 Å². The van der Waals surface area contributed by atoms with Crippen molar-refractivity contribution in [2.75, 3.05) is 32.7 Å². The third-order valence-corrected chi connectivity index (χ3v) is 4.72. The van der Waals surface area contributed by atoms with Crippen molar-refractivity contribution >= 4 is 17.3 Å². The predicted octanol–water partition coefficient (Wildman–Crippen LogP) is 2.47. The van der Waals surface area contributed by atoms with Gasteiger partial charge in [-0.05, 0) is 56.9 Å². The van der Waals surface area contributed by atoms with E-state index < -0.39 is 0 Å². The summed E-state index contributed by atoms with van der Waals surface area (Å²) in [6.45, 7) is 10.3. The van der Waals surface area contributed by atoms with Crippen LogP contribution in [0.2, 0.25) is 0 Å². The minimum Gasteiger partial charge on any atom is -0.362 e. The van der Waals surface area contributed by atoms with E-state index in [0.29, 0.717) is 5.92 Å².